The fraction of sp³-hybridized carbons (Fsp3) is 0.385. The molecule has 0 saturated carbocycles. The van der Waals surface area contributed by atoms with E-state index in [2.05, 4.69) is 0 Å². The van der Waals surface area contributed by atoms with Crippen molar-refractivity contribution in [2.24, 2.45) is 0 Å². The van der Waals surface area contributed by atoms with Gasteiger partial charge in [0.2, 0.25) is 0 Å². The van der Waals surface area contributed by atoms with E-state index in [1.807, 2.05) is 9.80 Å². The number of rotatable bonds is 16. The number of nitrogens with zero attached hydrogens (tertiary/aromatic N) is 2. The lowest BCUT2D eigenvalue weighted by Gasteiger charge is -2.25. The van der Waals surface area contributed by atoms with Crippen molar-refractivity contribution in [3.05, 3.63) is 107 Å². The zero-order valence-corrected chi connectivity index (χ0v) is 28.4. The predicted octanol–water partition coefficient (Wildman–Crippen LogP) is 8.11. The maximum Gasteiger partial charge on any atom is 0.420 e. The first-order valence-electron chi connectivity index (χ1n) is 17.4. The first-order chi connectivity index (χ1) is 25.4. The SMILES string of the molecule is FC(F)(F)c1cc(N(CC2CO2)CC2CO2)ccc1Oc1ccc(Cc2ccc(Oc3ccc(N(CC4CO4)CC4CO4)cc3C(F)(F)F)cc2)cc1. The van der Waals surface area contributed by atoms with Gasteiger partial charge in [0.25, 0.3) is 0 Å². The fourth-order valence-corrected chi connectivity index (χ4v) is 6.14. The van der Waals surface area contributed by atoms with E-state index >= 15 is 0 Å². The van der Waals surface area contributed by atoms with E-state index in [-0.39, 0.29) is 47.4 Å². The van der Waals surface area contributed by atoms with Crippen molar-refractivity contribution in [3.63, 3.8) is 0 Å². The summed E-state index contributed by atoms with van der Waals surface area (Å²) < 4.78 is 118. The van der Waals surface area contributed by atoms with Crippen molar-refractivity contribution in [3.8, 4) is 23.0 Å². The molecule has 4 saturated heterocycles. The van der Waals surface area contributed by atoms with Crippen LogP contribution in [0.2, 0.25) is 0 Å². The molecule has 4 atom stereocenters. The van der Waals surface area contributed by atoms with Gasteiger partial charge in [0.15, 0.2) is 0 Å². The lowest BCUT2D eigenvalue weighted by molar-refractivity contribution is -0.139. The standard InChI is InChI=1S/C39H36F6N2O6/c40-38(41,42)34-14-26(46(16-30-20-48-30)17-31-21-49-31)5-11-36(34)52-28-7-1-24(2-8-28)13-25-3-9-29(10-4-25)53-37-12-6-27(15-35(37)39(43,44)45)47(18-32-22-50-32)19-33-23-51-33/h1-12,14-15,30-33H,13,16-23H2. The third-order valence-electron chi connectivity index (χ3n) is 9.28. The van der Waals surface area contributed by atoms with Crippen molar-refractivity contribution >= 4 is 11.4 Å². The molecule has 0 aliphatic carbocycles. The maximum absolute atomic E-state index is 14.2. The summed E-state index contributed by atoms with van der Waals surface area (Å²) in [7, 11) is 0. The zero-order chi connectivity index (χ0) is 36.7. The molecule has 0 aromatic heterocycles. The first kappa shape index (κ1) is 35.5. The van der Waals surface area contributed by atoms with E-state index in [4.69, 9.17) is 28.4 Å². The van der Waals surface area contributed by atoms with Gasteiger partial charge in [0, 0.05) is 37.6 Å². The van der Waals surface area contributed by atoms with Gasteiger partial charge in [-0.05, 0) is 78.2 Å². The highest BCUT2D eigenvalue weighted by Gasteiger charge is 2.38. The van der Waals surface area contributed by atoms with Gasteiger partial charge < -0.3 is 38.2 Å². The van der Waals surface area contributed by atoms with Crippen molar-refractivity contribution in [2.75, 3.05) is 62.4 Å². The topological polar surface area (TPSA) is 75.1 Å². The summed E-state index contributed by atoms with van der Waals surface area (Å²) >= 11 is 0. The first-order valence-corrected chi connectivity index (χ1v) is 17.4. The summed E-state index contributed by atoms with van der Waals surface area (Å²) in [6, 6.07) is 21.5. The quantitative estimate of drug-likeness (QED) is 0.0843. The second-order valence-electron chi connectivity index (χ2n) is 13.7. The van der Waals surface area contributed by atoms with E-state index in [1.165, 1.54) is 12.1 Å². The number of alkyl halides is 6. The van der Waals surface area contributed by atoms with Gasteiger partial charge >= 0.3 is 12.4 Å². The van der Waals surface area contributed by atoms with Gasteiger partial charge in [-0.2, -0.15) is 26.3 Å². The number of ether oxygens (including phenoxy) is 6. The van der Waals surface area contributed by atoms with E-state index < -0.39 is 23.5 Å². The van der Waals surface area contributed by atoms with Gasteiger partial charge in [0.05, 0.1) is 50.8 Å². The van der Waals surface area contributed by atoms with E-state index in [0.29, 0.717) is 70.4 Å². The number of epoxide rings is 4. The van der Waals surface area contributed by atoms with Crippen molar-refractivity contribution in [1.29, 1.82) is 0 Å². The average molecular weight is 743 g/mol. The van der Waals surface area contributed by atoms with Crippen molar-refractivity contribution in [1.82, 2.24) is 0 Å². The molecule has 4 aliphatic rings. The monoisotopic (exact) mass is 742 g/mol. The molecule has 14 heteroatoms. The molecular weight excluding hydrogens is 706 g/mol. The number of halogens is 6. The summed E-state index contributed by atoms with van der Waals surface area (Å²) in [6.07, 6.45) is -8.84. The Bertz CT molecular complexity index is 1720. The Morgan fingerprint density at radius 2 is 0.811 bits per heavy atom. The summed E-state index contributed by atoms with van der Waals surface area (Å²) in [6.45, 7) is 4.26. The van der Waals surface area contributed by atoms with Gasteiger partial charge in [0.1, 0.15) is 34.1 Å². The molecule has 0 N–H and O–H groups in total. The van der Waals surface area contributed by atoms with Gasteiger partial charge in [-0.25, -0.2) is 0 Å². The molecule has 0 radical (unpaired) electrons. The van der Waals surface area contributed by atoms with Crippen LogP contribution in [0.15, 0.2) is 84.9 Å². The van der Waals surface area contributed by atoms with Crippen LogP contribution in [0, 0.1) is 0 Å². The van der Waals surface area contributed by atoms with Gasteiger partial charge in [-0.1, -0.05) is 24.3 Å². The minimum absolute atomic E-state index is 0.00383. The van der Waals surface area contributed by atoms with Gasteiger partial charge in [-0.3, -0.25) is 0 Å². The Kier molecular flexibility index (Phi) is 9.64. The molecule has 8 rings (SSSR count). The Hall–Kier alpha value is -4.50. The Balaban J connectivity index is 0.915. The lowest BCUT2D eigenvalue weighted by atomic mass is 10.0. The summed E-state index contributed by atoms with van der Waals surface area (Å²) in [5, 5.41) is 0. The largest absolute Gasteiger partial charge is 0.457 e. The van der Waals surface area contributed by atoms with Crippen LogP contribution in [-0.2, 0) is 37.7 Å². The number of anilines is 2. The third-order valence-corrected chi connectivity index (χ3v) is 9.28. The van der Waals surface area contributed by atoms with Crippen LogP contribution in [0.4, 0.5) is 37.7 Å². The van der Waals surface area contributed by atoms with Crippen LogP contribution < -0.4 is 19.3 Å². The summed E-state index contributed by atoms with van der Waals surface area (Å²) in [5.74, 6) is -0.143. The van der Waals surface area contributed by atoms with Crippen LogP contribution in [-0.4, -0.2) is 77.0 Å². The average Bonchev–Trinajstić information content (AvgIpc) is 3.92. The normalized spacial score (nSPS) is 21.5. The van der Waals surface area contributed by atoms with E-state index in [9.17, 15) is 26.3 Å². The van der Waals surface area contributed by atoms with Crippen LogP contribution in [0.1, 0.15) is 22.3 Å². The zero-order valence-electron chi connectivity index (χ0n) is 28.4. The molecule has 53 heavy (non-hydrogen) atoms. The van der Waals surface area contributed by atoms with Crippen LogP contribution in [0.5, 0.6) is 23.0 Å². The summed E-state index contributed by atoms with van der Waals surface area (Å²) in [5.41, 5.74) is 0.778. The third kappa shape index (κ3) is 9.55. The molecule has 4 aromatic rings. The molecule has 0 bridgehead atoms. The minimum Gasteiger partial charge on any atom is -0.457 e. The fourth-order valence-electron chi connectivity index (χ4n) is 6.14. The molecule has 0 spiro atoms. The second-order valence-corrected chi connectivity index (χ2v) is 13.7. The maximum atomic E-state index is 14.2. The Labute approximate surface area is 301 Å². The Morgan fingerprint density at radius 1 is 0.491 bits per heavy atom. The van der Waals surface area contributed by atoms with Crippen molar-refractivity contribution in [2.45, 2.75) is 43.2 Å². The van der Waals surface area contributed by atoms with Crippen LogP contribution in [0.25, 0.3) is 0 Å². The molecule has 4 fully saturated rings. The van der Waals surface area contributed by atoms with Gasteiger partial charge in [-0.15, -0.1) is 0 Å². The number of hydrogen-bond acceptors (Lipinski definition) is 8. The Morgan fingerprint density at radius 3 is 1.09 bits per heavy atom. The van der Waals surface area contributed by atoms with Crippen LogP contribution in [0.3, 0.4) is 0 Å². The molecule has 4 unspecified atom stereocenters. The molecular formula is C39H36F6N2O6. The molecule has 4 heterocycles. The highest BCUT2D eigenvalue weighted by molar-refractivity contribution is 5.57. The van der Waals surface area contributed by atoms with Crippen LogP contribution >= 0.6 is 0 Å². The van der Waals surface area contributed by atoms with E-state index in [0.717, 1.165) is 23.3 Å². The molecule has 4 aliphatic heterocycles. The molecule has 4 aromatic carbocycles. The second kappa shape index (κ2) is 14.4. The van der Waals surface area contributed by atoms with Crippen molar-refractivity contribution < 1.29 is 54.8 Å². The predicted molar refractivity (Wildman–Crippen MR) is 182 cm³/mol. The number of benzene rings is 4. The lowest BCUT2D eigenvalue weighted by Crippen LogP contribution is -2.31. The molecule has 280 valence electrons. The summed E-state index contributed by atoms with van der Waals surface area (Å²) in [4.78, 5) is 3.70. The highest BCUT2D eigenvalue weighted by Crippen LogP contribution is 2.42. The van der Waals surface area contributed by atoms with E-state index in [1.54, 1.807) is 60.7 Å². The molecule has 8 nitrogen and oxygen atoms in total. The molecule has 0 amide bonds. The smallest absolute Gasteiger partial charge is 0.420 e. The number of hydrogen-bond donors (Lipinski definition) is 0. The highest BCUT2D eigenvalue weighted by atomic mass is 19.4. The minimum atomic E-state index is -4.64.